The summed E-state index contributed by atoms with van der Waals surface area (Å²) in [6, 6.07) is 10.1. The Morgan fingerprint density at radius 1 is 1.21 bits per heavy atom. The lowest BCUT2D eigenvalue weighted by Gasteiger charge is -2.05. The molecule has 0 radical (unpaired) electrons. The van der Waals surface area contributed by atoms with Crippen LogP contribution in [0.5, 0.6) is 0 Å². The van der Waals surface area contributed by atoms with Crippen molar-refractivity contribution in [2.24, 2.45) is 0 Å². The highest BCUT2D eigenvalue weighted by Gasteiger charge is 2.19. The molecule has 1 N–H and O–H groups in total. The Hall–Kier alpha value is -3.52. The Kier molecular flexibility index (Phi) is 4.86. The maximum absolute atomic E-state index is 12.5. The third kappa shape index (κ3) is 3.49. The van der Waals surface area contributed by atoms with E-state index in [1.165, 1.54) is 17.4 Å². The molecule has 0 aliphatic heterocycles. The third-order valence-electron chi connectivity index (χ3n) is 4.13. The van der Waals surface area contributed by atoms with E-state index in [-0.39, 0.29) is 11.5 Å². The van der Waals surface area contributed by atoms with E-state index in [4.69, 9.17) is 4.42 Å². The standard InChI is InChI=1S/C20H16N4O3S/c1-2-24-12-14(5-6-16(24)25)18-17(15-4-3-11-27-15)22-20(28-18)23-19(26)13-7-9-21-10-8-13/h3-12H,2H2,1H3,(H,22,23,26). The van der Waals surface area contributed by atoms with Crippen LogP contribution in [0.25, 0.3) is 21.9 Å². The second-order valence-corrected chi connectivity index (χ2v) is 6.91. The number of hydrogen-bond donors (Lipinski definition) is 1. The highest BCUT2D eigenvalue weighted by molar-refractivity contribution is 7.19. The SMILES string of the molecule is CCn1cc(-c2sc(NC(=O)c3ccncc3)nc2-c2ccco2)ccc1=O. The molecule has 4 heterocycles. The topological polar surface area (TPSA) is 90.0 Å². The van der Waals surface area contributed by atoms with E-state index in [0.717, 1.165) is 10.4 Å². The molecule has 4 aromatic rings. The predicted octanol–water partition coefficient (Wildman–Crippen LogP) is 3.90. The van der Waals surface area contributed by atoms with Crippen molar-refractivity contribution >= 4 is 22.4 Å². The number of anilines is 1. The minimum atomic E-state index is -0.271. The number of thiazole rings is 1. The molecule has 0 atom stereocenters. The van der Waals surface area contributed by atoms with Gasteiger partial charge in [-0.05, 0) is 37.3 Å². The van der Waals surface area contributed by atoms with Crippen molar-refractivity contribution in [2.45, 2.75) is 13.5 Å². The van der Waals surface area contributed by atoms with Gasteiger partial charge in [-0.2, -0.15) is 0 Å². The van der Waals surface area contributed by atoms with Crippen molar-refractivity contribution in [1.82, 2.24) is 14.5 Å². The number of amides is 1. The lowest BCUT2D eigenvalue weighted by Crippen LogP contribution is -2.16. The smallest absolute Gasteiger partial charge is 0.257 e. The number of nitrogens with zero attached hydrogens (tertiary/aromatic N) is 3. The first-order chi connectivity index (χ1) is 13.7. The number of nitrogens with one attached hydrogen (secondary N) is 1. The van der Waals surface area contributed by atoms with Gasteiger partial charge in [0.1, 0.15) is 5.69 Å². The van der Waals surface area contributed by atoms with Crippen LogP contribution >= 0.6 is 11.3 Å². The van der Waals surface area contributed by atoms with Crippen molar-refractivity contribution in [2.75, 3.05) is 5.32 Å². The van der Waals surface area contributed by atoms with Gasteiger partial charge in [0.15, 0.2) is 10.9 Å². The minimum absolute atomic E-state index is 0.0680. The van der Waals surface area contributed by atoms with Crippen LogP contribution in [0.1, 0.15) is 17.3 Å². The Bertz CT molecular complexity index is 1160. The third-order valence-corrected chi connectivity index (χ3v) is 5.15. The number of carbonyl (C=O) groups is 1. The summed E-state index contributed by atoms with van der Waals surface area (Å²) in [4.78, 5) is 33.7. The summed E-state index contributed by atoms with van der Waals surface area (Å²) in [5.41, 5.74) is 1.86. The average Bonchev–Trinajstić information content (AvgIpc) is 3.39. The molecule has 0 unspecified atom stereocenters. The number of hydrogen-bond acceptors (Lipinski definition) is 6. The Labute approximate surface area is 164 Å². The Morgan fingerprint density at radius 2 is 2.04 bits per heavy atom. The zero-order valence-corrected chi connectivity index (χ0v) is 15.8. The number of rotatable bonds is 5. The molecule has 7 nitrogen and oxygen atoms in total. The molecule has 140 valence electrons. The average molecular weight is 392 g/mol. The summed E-state index contributed by atoms with van der Waals surface area (Å²) in [5, 5.41) is 3.26. The summed E-state index contributed by atoms with van der Waals surface area (Å²) < 4.78 is 7.14. The van der Waals surface area contributed by atoms with Crippen LogP contribution in [0, 0.1) is 0 Å². The molecule has 0 saturated heterocycles. The van der Waals surface area contributed by atoms with Crippen molar-refractivity contribution < 1.29 is 9.21 Å². The molecular weight excluding hydrogens is 376 g/mol. The van der Waals surface area contributed by atoms with E-state index in [1.54, 1.807) is 53.7 Å². The molecule has 0 saturated carbocycles. The van der Waals surface area contributed by atoms with E-state index in [9.17, 15) is 9.59 Å². The number of furan rings is 1. The molecule has 0 bridgehead atoms. The first-order valence-electron chi connectivity index (χ1n) is 8.62. The van der Waals surface area contributed by atoms with Crippen molar-refractivity contribution in [3.05, 3.63) is 77.2 Å². The normalized spacial score (nSPS) is 10.8. The highest BCUT2D eigenvalue weighted by Crippen LogP contribution is 2.39. The summed E-state index contributed by atoms with van der Waals surface area (Å²) in [6.07, 6.45) is 6.48. The van der Waals surface area contributed by atoms with Gasteiger partial charge in [0.25, 0.3) is 11.5 Å². The summed E-state index contributed by atoms with van der Waals surface area (Å²) in [6.45, 7) is 2.47. The van der Waals surface area contributed by atoms with Gasteiger partial charge < -0.3 is 8.98 Å². The number of carbonyl (C=O) groups excluding carboxylic acids is 1. The van der Waals surface area contributed by atoms with Gasteiger partial charge in [0.2, 0.25) is 0 Å². The molecule has 4 aromatic heterocycles. The molecular formula is C20H16N4O3S. The first kappa shape index (κ1) is 17.9. The monoisotopic (exact) mass is 392 g/mol. The second kappa shape index (κ2) is 7.61. The van der Waals surface area contributed by atoms with E-state index in [1.807, 2.05) is 13.0 Å². The van der Waals surface area contributed by atoms with Crippen LogP contribution in [0.15, 0.2) is 70.5 Å². The van der Waals surface area contributed by atoms with Gasteiger partial charge in [0.05, 0.1) is 11.1 Å². The second-order valence-electron chi connectivity index (χ2n) is 5.91. The lowest BCUT2D eigenvalue weighted by molar-refractivity contribution is 0.102. The fourth-order valence-corrected chi connectivity index (χ4v) is 3.69. The number of aromatic nitrogens is 3. The molecule has 0 aliphatic rings. The molecule has 4 rings (SSSR count). The predicted molar refractivity (Wildman–Crippen MR) is 107 cm³/mol. The molecule has 1 amide bonds. The largest absolute Gasteiger partial charge is 0.463 e. The van der Waals surface area contributed by atoms with E-state index < -0.39 is 0 Å². The molecule has 28 heavy (non-hydrogen) atoms. The minimum Gasteiger partial charge on any atom is -0.463 e. The van der Waals surface area contributed by atoms with Crippen LogP contribution in [-0.2, 0) is 6.54 Å². The Morgan fingerprint density at radius 3 is 2.75 bits per heavy atom. The van der Waals surface area contributed by atoms with E-state index >= 15 is 0 Å². The maximum Gasteiger partial charge on any atom is 0.257 e. The first-order valence-corrected chi connectivity index (χ1v) is 9.44. The molecule has 0 aliphatic carbocycles. The fourth-order valence-electron chi connectivity index (χ4n) is 2.73. The van der Waals surface area contributed by atoms with Gasteiger partial charge >= 0.3 is 0 Å². The van der Waals surface area contributed by atoms with Gasteiger partial charge in [0, 0.05) is 42.3 Å². The highest BCUT2D eigenvalue weighted by atomic mass is 32.1. The summed E-state index contributed by atoms with van der Waals surface area (Å²) in [7, 11) is 0. The zero-order valence-electron chi connectivity index (χ0n) is 15.0. The van der Waals surface area contributed by atoms with Gasteiger partial charge in [-0.3, -0.25) is 19.9 Å². The molecule has 0 spiro atoms. The van der Waals surface area contributed by atoms with Crippen LogP contribution in [0.4, 0.5) is 5.13 Å². The van der Waals surface area contributed by atoms with Gasteiger partial charge in [-0.15, -0.1) is 0 Å². The van der Waals surface area contributed by atoms with E-state index in [2.05, 4.69) is 15.3 Å². The molecule has 0 aromatic carbocycles. The van der Waals surface area contributed by atoms with Crippen LogP contribution in [-0.4, -0.2) is 20.4 Å². The quantitative estimate of drug-likeness (QED) is 0.556. The van der Waals surface area contributed by atoms with E-state index in [0.29, 0.717) is 28.7 Å². The lowest BCUT2D eigenvalue weighted by atomic mass is 10.2. The van der Waals surface area contributed by atoms with Gasteiger partial charge in [-0.1, -0.05) is 11.3 Å². The van der Waals surface area contributed by atoms with Crippen molar-refractivity contribution in [1.29, 1.82) is 0 Å². The maximum atomic E-state index is 12.5. The van der Waals surface area contributed by atoms with Gasteiger partial charge in [-0.25, -0.2) is 4.98 Å². The molecule has 8 heteroatoms. The van der Waals surface area contributed by atoms with Crippen molar-refractivity contribution in [3.8, 4) is 21.9 Å². The zero-order chi connectivity index (χ0) is 19.5. The van der Waals surface area contributed by atoms with Crippen molar-refractivity contribution in [3.63, 3.8) is 0 Å². The van der Waals surface area contributed by atoms with Crippen LogP contribution in [0.2, 0.25) is 0 Å². The van der Waals surface area contributed by atoms with Crippen LogP contribution in [0.3, 0.4) is 0 Å². The Balaban J connectivity index is 1.75. The number of pyridine rings is 2. The summed E-state index contributed by atoms with van der Waals surface area (Å²) in [5.74, 6) is 0.317. The number of aryl methyl sites for hydroxylation is 1. The fraction of sp³-hybridized carbons (Fsp3) is 0.100. The molecule has 0 fully saturated rings. The summed E-state index contributed by atoms with van der Waals surface area (Å²) >= 11 is 1.32. The van der Waals surface area contributed by atoms with Crippen LogP contribution < -0.4 is 10.9 Å².